The van der Waals surface area contributed by atoms with Crippen molar-refractivity contribution < 1.29 is 8.42 Å². The summed E-state index contributed by atoms with van der Waals surface area (Å²) in [5, 5.41) is 16.2. The van der Waals surface area contributed by atoms with Gasteiger partial charge in [0.2, 0.25) is 5.82 Å². The van der Waals surface area contributed by atoms with Crippen molar-refractivity contribution in [2.45, 2.75) is 56.7 Å². The molecule has 1 N–H and O–H groups in total. The first-order valence-corrected chi connectivity index (χ1v) is 17.4. The van der Waals surface area contributed by atoms with Crippen molar-refractivity contribution in [1.29, 1.82) is 0 Å². The summed E-state index contributed by atoms with van der Waals surface area (Å²) in [5.41, 5.74) is 5.11. The predicted molar refractivity (Wildman–Crippen MR) is 171 cm³/mol. The van der Waals surface area contributed by atoms with Crippen molar-refractivity contribution in [2.75, 3.05) is 29.6 Å². The minimum absolute atomic E-state index is 0.0467. The molecule has 2 aliphatic rings. The van der Waals surface area contributed by atoms with Crippen LogP contribution in [0.25, 0.3) is 22.5 Å². The topological polar surface area (TPSA) is 106 Å². The Morgan fingerprint density at radius 3 is 2.53 bits per heavy atom. The molecule has 3 atom stereocenters. The van der Waals surface area contributed by atoms with Gasteiger partial charge in [0.1, 0.15) is 5.82 Å². The zero-order valence-corrected chi connectivity index (χ0v) is 25.9. The van der Waals surface area contributed by atoms with E-state index in [0.717, 1.165) is 47.6 Å². The number of piperidine rings is 1. The highest BCUT2D eigenvalue weighted by molar-refractivity contribution is 7.89. The van der Waals surface area contributed by atoms with E-state index < -0.39 is 9.84 Å². The molecule has 2 fully saturated rings. The summed E-state index contributed by atoms with van der Waals surface area (Å²) in [7, 11) is -1.31. The smallest absolute Gasteiger partial charge is 0.204 e. The van der Waals surface area contributed by atoms with Crippen LogP contribution in [0.5, 0.6) is 0 Å². The maximum Gasteiger partial charge on any atom is 0.204 e. The summed E-state index contributed by atoms with van der Waals surface area (Å²) in [6.45, 7) is 2.18. The van der Waals surface area contributed by atoms with E-state index in [1.807, 2.05) is 36.5 Å². The molecule has 0 bridgehead atoms. The van der Waals surface area contributed by atoms with Gasteiger partial charge in [-0.2, -0.15) is 4.80 Å². The first kappa shape index (κ1) is 29.3. The zero-order valence-electron chi connectivity index (χ0n) is 25.1. The standard InChI is InChI=1S/C33H41N7O2S/c1-39-37-33(36-38-39)26-12-14-30(15-13-26)40-18-6-8-24(22-40)19-29-9-3-4-11-31(29)35-32-21-28(16-17-34-32)27-10-5-7-25(20-27)23-43(2,41)42/h5,7,10,12-17,20-21,24,29,31H,3-4,6,8-9,11,18-19,22-23H2,1-2H3,(H,34,35)/t24-,29+,31-/m1/s1. The number of hydrogen-bond acceptors (Lipinski definition) is 8. The molecule has 0 amide bonds. The highest BCUT2D eigenvalue weighted by Gasteiger charge is 2.30. The van der Waals surface area contributed by atoms with Crippen LogP contribution in [0.15, 0.2) is 66.9 Å². The van der Waals surface area contributed by atoms with Gasteiger partial charge in [0.15, 0.2) is 9.84 Å². The largest absolute Gasteiger partial charge is 0.371 e. The Morgan fingerprint density at radius 2 is 1.74 bits per heavy atom. The lowest BCUT2D eigenvalue weighted by Gasteiger charge is -2.39. The molecule has 2 aromatic heterocycles. The first-order chi connectivity index (χ1) is 20.8. The molecule has 226 valence electrons. The van der Waals surface area contributed by atoms with Gasteiger partial charge < -0.3 is 10.2 Å². The van der Waals surface area contributed by atoms with Gasteiger partial charge >= 0.3 is 0 Å². The Bertz CT molecular complexity index is 1640. The van der Waals surface area contributed by atoms with Crippen molar-refractivity contribution in [3.8, 4) is 22.5 Å². The van der Waals surface area contributed by atoms with E-state index in [4.69, 9.17) is 0 Å². The third-order valence-electron chi connectivity index (χ3n) is 8.85. The van der Waals surface area contributed by atoms with E-state index in [1.54, 1.807) is 7.05 Å². The number of hydrogen-bond donors (Lipinski definition) is 1. The molecular formula is C33H41N7O2S. The summed E-state index contributed by atoms with van der Waals surface area (Å²) in [4.78, 5) is 8.70. The third-order valence-corrected chi connectivity index (χ3v) is 9.70. The van der Waals surface area contributed by atoms with Gasteiger partial charge in [-0.05, 0) is 102 Å². The summed E-state index contributed by atoms with van der Waals surface area (Å²) in [6, 6.07) is 20.9. The van der Waals surface area contributed by atoms with Gasteiger partial charge in [0.05, 0.1) is 12.8 Å². The Hall–Kier alpha value is -3.79. The molecule has 43 heavy (non-hydrogen) atoms. The molecule has 1 aliphatic heterocycles. The Balaban J connectivity index is 1.10. The van der Waals surface area contributed by atoms with Crippen LogP contribution >= 0.6 is 0 Å². The van der Waals surface area contributed by atoms with Gasteiger partial charge in [-0.3, -0.25) is 0 Å². The van der Waals surface area contributed by atoms with E-state index in [0.29, 0.717) is 23.7 Å². The van der Waals surface area contributed by atoms with E-state index >= 15 is 0 Å². The fourth-order valence-corrected chi connectivity index (χ4v) is 7.63. The quantitative estimate of drug-likeness (QED) is 0.259. The van der Waals surface area contributed by atoms with E-state index in [-0.39, 0.29) is 5.75 Å². The van der Waals surface area contributed by atoms with Crippen molar-refractivity contribution in [3.63, 3.8) is 0 Å². The van der Waals surface area contributed by atoms with Gasteiger partial charge in [-0.15, -0.1) is 10.2 Å². The average molecular weight is 600 g/mol. The van der Waals surface area contributed by atoms with E-state index in [9.17, 15) is 8.42 Å². The van der Waals surface area contributed by atoms with Crippen LogP contribution < -0.4 is 10.2 Å². The molecule has 10 heteroatoms. The minimum atomic E-state index is -3.09. The van der Waals surface area contributed by atoms with Gasteiger partial charge in [0.25, 0.3) is 0 Å². The molecular weight excluding hydrogens is 558 g/mol. The maximum atomic E-state index is 11.8. The second-order valence-electron chi connectivity index (χ2n) is 12.3. The van der Waals surface area contributed by atoms with Gasteiger partial charge in [0, 0.05) is 42.8 Å². The lowest BCUT2D eigenvalue weighted by Crippen LogP contribution is -2.39. The zero-order chi connectivity index (χ0) is 29.8. The number of nitrogens with one attached hydrogen (secondary N) is 1. The van der Waals surface area contributed by atoms with Crippen LogP contribution in [0.2, 0.25) is 0 Å². The summed E-state index contributed by atoms with van der Waals surface area (Å²) < 4.78 is 23.6. The molecule has 3 heterocycles. The van der Waals surface area contributed by atoms with Gasteiger partial charge in [-0.25, -0.2) is 13.4 Å². The third kappa shape index (κ3) is 7.60. The number of benzene rings is 2. The number of nitrogens with zero attached hydrogens (tertiary/aromatic N) is 6. The second-order valence-corrected chi connectivity index (χ2v) is 14.5. The van der Waals surface area contributed by atoms with Crippen LogP contribution in [-0.2, 0) is 22.6 Å². The van der Waals surface area contributed by atoms with Crippen LogP contribution in [0.1, 0.15) is 50.5 Å². The molecule has 0 spiro atoms. The molecule has 1 saturated heterocycles. The van der Waals surface area contributed by atoms with Crippen molar-refractivity contribution in [3.05, 3.63) is 72.4 Å². The number of aromatic nitrogens is 5. The Kier molecular flexibility index (Phi) is 8.74. The SMILES string of the molecule is Cn1nnc(-c2ccc(N3CCC[C@H](C[C@@H]4CCCC[C@H]4Nc4cc(-c5cccc(CS(C)(=O)=O)c5)ccn4)C3)cc2)n1. The molecule has 1 saturated carbocycles. The number of aryl methyl sites for hydroxylation is 1. The van der Waals surface area contributed by atoms with E-state index in [2.05, 4.69) is 60.9 Å². The molecule has 9 nitrogen and oxygen atoms in total. The number of pyridine rings is 1. The maximum absolute atomic E-state index is 11.8. The fourth-order valence-electron chi connectivity index (χ4n) is 6.84. The van der Waals surface area contributed by atoms with Crippen LogP contribution in [-0.4, -0.2) is 59.0 Å². The van der Waals surface area contributed by atoms with Crippen molar-refractivity contribution in [2.24, 2.45) is 18.9 Å². The molecule has 6 rings (SSSR count). The number of anilines is 2. The molecule has 0 unspecified atom stereocenters. The molecule has 2 aromatic carbocycles. The predicted octanol–water partition coefficient (Wildman–Crippen LogP) is 5.76. The number of rotatable bonds is 9. The Labute approximate surface area is 254 Å². The molecule has 0 radical (unpaired) electrons. The summed E-state index contributed by atoms with van der Waals surface area (Å²) in [5.74, 6) is 2.88. The van der Waals surface area contributed by atoms with Crippen molar-refractivity contribution in [1.82, 2.24) is 25.2 Å². The number of tetrazole rings is 1. The van der Waals surface area contributed by atoms with E-state index in [1.165, 1.54) is 55.3 Å². The van der Waals surface area contributed by atoms with Gasteiger partial charge in [-0.1, -0.05) is 37.1 Å². The monoisotopic (exact) mass is 599 g/mol. The number of sulfone groups is 1. The lowest BCUT2D eigenvalue weighted by atomic mass is 9.77. The molecule has 4 aromatic rings. The average Bonchev–Trinajstić information content (AvgIpc) is 3.44. The second kappa shape index (κ2) is 12.8. The summed E-state index contributed by atoms with van der Waals surface area (Å²) in [6.07, 6.45) is 11.8. The molecule has 1 aliphatic carbocycles. The normalized spacial score (nSPS) is 21.1. The van der Waals surface area contributed by atoms with Crippen LogP contribution in [0.4, 0.5) is 11.5 Å². The Morgan fingerprint density at radius 1 is 0.930 bits per heavy atom. The van der Waals surface area contributed by atoms with Crippen LogP contribution in [0, 0.1) is 11.8 Å². The lowest BCUT2D eigenvalue weighted by molar-refractivity contribution is 0.247. The highest BCUT2D eigenvalue weighted by atomic mass is 32.2. The highest BCUT2D eigenvalue weighted by Crippen LogP contribution is 2.36. The fraction of sp³-hybridized carbons (Fsp3) is 0.455. The van der Waals surface area contributed by atoms with Crippen LogP contribution in [0.3, 0.4) is 0 Å². The minimum Gasteiger partial charge on any atom is -0.371 e. The first-order valence-electron chi connectivity index (χ1n) is 15.4. The van der Waals surface area contributed by atoms with Crippen molar-refractivity contribution >= 4 is 21.3 Å². The summed E-state index contributed by atoms with van der Waals surface area (Å²) >= 11 is 0.